The molecule has 2 saturated heterocycles. The molecule has 2 aromatic heterocycles. The Morgan fingerprint density at radius 1 is 1.09 bits per heavy atom. The van der Waals surface area contributed by atoms with Crippen LogP contribution < -0.4 is 15.0 Å². The van der Waals surface area contributed by atoms with Gasteiger partial charge in [-0.15, -0.1) is 0 Å². The predicted molar refractivity (Wildman–Crippen MR) is 166 cm³/mol. The van der Waals surface area contributed by atoms with Crippen LogP contribution in [0, 0.1) is 29.9 Å². The van der Waals surface area contributed by atoms with Gasteiger partial charge in [0.1, 0.15) is 28.6 Å². The number of ether oxygens (including phenoxy) is 1. The average Bonchev–Trinajstić information content (AvgIpc) is 3.70. The van der Waals surface area contributed by atoms with Crippen molar-refractivity contribution in [1.29, 1.82) is 0 Å². The SMILES string of the molecule is Cc1c(F)ccc2cc(O)cc(-c3nc4c5c(nc(OCC6(CN7CCC(C)C7)CC6)nc5c3F)N3CCNCC3CC4)c12. The molecule has 2 unspecified atom stereocenters. The quantitative estimate of drug-likeness (QED) is 0.306. The number of fused-ring (bicyclic) bond motifs is 3. The van der Waals surface area contributed by atoms with E-state index in [4.69, 9.17) is 19.7 Å². The number of aryl methyl sites for hydroxylation is 2. The smallest absolute Gasteiger partial charge is 0.319 e. The largest absolute Gasteiger partial charge is 0.508 e. The third-order valence-corrected chi connectivity index (χ3v) is 10.2. The number of benzene rings is 2. The highest BCUT2D eigenvalue weighted by atomic mass is 19.1. The molecule has 1 saturated carbocycles. The zero-order chi connectivity index (χ0) is 30.2. The van der Waals surface area contributed by atoms with Gasteiger partial charge in [0.15, 0.2) is 5.82 Å². The van der Waals surface area contributed by atoms with Crippen molar-refractivity contribution in [3.8, 4) is 23.0 Å². The summed E-state index contributed by atoms with van der Waals surface area (Å²) in [6.45, 7) is 10.1. The lowest BCUT2D eigenvalue weighted by atomic mass is 9.95. The summed E-state index contributed by atoms with van der Waals surface area (Å²) in [5.74, 6) is 0.342. The lowest BCUT2D eigenvalue weighted by Gasteiger charge is -2.36. The van der Waals surface area contributed by atoms with E-state index in [-0.39, 0.29) is 34.4 Å². The number of phenols is 1. The molecule has 8 nitrogen and oxygen atoms in total. The Bertz CT molecular complexity index is 1790. The molecule has 230 valence electrons. The van der Waals surface area contributed by atoms with Gasteiger partial charge in [-0.1, -0.05) is 13.0 Å². The standard InChI is InChI=1S/C34H38F2N6O2/c1-19-7-11-41(16-19)17-34(8-9-34)18-44-33-39-31-28-26(6-4-22-15-37-10-12-42(22)32(28)40-33)38-30(29(31)36)24-14-23(43)13-21-3-5-25(35)20(2)27(21)24/h3,5,13-14,19,22,37,43H,4,6-12,15-18H2,1-2H3. The molecular formula is C34H38F2N6O2. The number of halogens is 2. The first kappa shape index (κ1) is 27.9. The summed E-state index contributed by atoms with van der Waals surface area (Å²) in [6, 6.07) is 6.36. The van der Waals surface area contributed by atoms with Gasteiger partial charge >= 0.3 is 6.01 Å². The number of nitrogens with zero attached hydrogens (tertiary/aromatic N) is 5. The summed E-state index contributed by atoms with van der Waals surface area (Å²) in [5.41, 5.74) is 1.73. The summed E-state index contributed by atoms with van der Waals surface area (Å²) in [4.78, 5) is 19.3. The van der Waals surface area contributed by atoms with Crippen molar-refractivity contribution in [3.05, 3.63) is 47.2 Å². The Kier molecular flexibility index (Phi) is 6.64. The molecule has 2 aromatic carbocycles. The van der Waals surface area contributed by atoms with Crippen molar-refractivity contribution < 1.29 is 18.6 Å². The van der Waals surface area contributed by atoms with E-state index in [0.717, 1.165) is 64.4 Å². The van der Waals surface area contributed by atoms with Gasteiger partial charge in [0.05, 0.1) is 17.7 Å². The molecule has 44 heavy (non-hydrogen) atoms. The number of aromatic nitrogens is 3. The number of nitrogens with one attached hydrogen (secondary N) is 1. The summed E-state index contributed by atoms with van der Waals surface area (Å²) < 4.78 is 38.0. The van der Waals surface area contributed by atoms with Crippen LogP contribution in [0.4, 0.5) is 14.6 Å². The van der Waals surface area contributed by atoms with E-state index in [2.05, 4.69) is 22.0 Å². The number of likely N-dealkylation sites (tertiary alicyclic amines) is 1. The molecular weight excluding hydrogens is 562 g/mol. The Hall–Kier alpha value is -3.63. The molecule has 2 atom stereocenters. The lowest BCUT2D eigenvalue weighted by Crippen LogP contribution is -2.51. The molecule has 3 fully saturated rings. The average molecular weight is 601 g/mol. The molecule has 8 rings (SSSR count). The number of aromatic hydroxyl groups is 1. The van der Waals surface area contributed by atoms with E-state index >= 15 is 4.39 Å². The minimum absolute atomic E-state index is 0.0385. The van der Waals surface area contributed by atoms with Gasteiger partial charge in [-0.2, -0.15) is 9.97 Å². The highest BCUT2D eigenvalue weighted by Crippen LogP contribution is 2.47. The van der Waals surface area contributed by atoms with Crippen molar-refractivity contribution in [2.45, 2.75) is 52.0 Å². The van der Waals surface area contributed by atoms with Gasteiger partial charge in [0, 0.05) is 49.7 Å². The first-order chi connectivity index (χ1) is 21.3. The normalized spacial score (nSPS) is 22.8. The maximum Gasteiger partial charge on any atom is 0.319 e. The molecule has 2 N–H and O–H groups in total. The van der Waals surface area contributed by atoms with Crippen LogP contribution in [-0.4, -0.2) is 76.9 Å². The van der Waals surface area contributed by atoms with Crippen molar-refractivity contribution in [1.82, 2.24) is 25.2 Å². The highest BCUT2D eigenvalue weighted by Gasteiger charge is 2.46. The van der Waals surface area contributed by atoms with Gasteiger partial charge in [-0.3, -0.25) is 0 Å². The predicted octanol–water partition coefficient (Wildman–Crippen LogP) is 5.36. The Morgan fingerprint density at radius 2 is 1.95 bits per heavy atom. The minimum atomic E-state index is -0.617. The van der Waals surface area contributed by atoms with Crippen LogP contribution in [0.2, 0.25) is 0 Å². The van der Waals surface area contributed by atoms with E-state index in [1.807, 2.05) is 0 Å². The summed E-state index contributed by atoms with van der Waals surface area (Å²) in [6.07, 6.45) is 4.87. The van der Waals surface area contributed by atoms with Crippen LogP contribution in [0.15, 0.2) is 24.3 Å². The van der Waals surface area contributed by atoms with Gasteiger partial charge in [-0.25, -0.2) is 13.8 Å². The number of piperazine rings is 1. The molecule has 0 amide bonds. The van der Waals surface area contributed by atoms with Crippen LogP contribution in [0.25, 0.3) is 32.9 Å². The number of anilines is 1. The number of phenolic OH excluding ortho intramolecular Hbond substituents is 1. The molecule has 5 heterocycles. The third kappa shape index (κ3) is 4.74. The molecule has 4 aromatic rings. The number of pyridine rings is 1. The maximum absolute atomic E-state index is 16.9. The minimum Gasteiger partial charge on any atom is -0.508 e. The van der Waals surface area contributed by atoms with Crippen molar-refractivity contribution in [2.24, 2.45) is 11.3 Å². The van der Waals surface area contributed by atoms with Crippen molar-refractivity contribution in [3.63, 3.8) is 0 Å². The second-order valence-electron chi connectivity index (χ2n) is 13.5. The van der Waals surface area contributed by atoms with Crippen LogP contribution in [0.3, 0.4) is 0 Å². The number of hydrogen-bond donors (Lipinski definition) is 2. The number of hydrogen-bond acceptors (Lipinski definition) is 8. The van der Waals surface area contributed by atoms with Gasteiger partial charge in [-0.05, 0) is 86.0 Å². The van der Waals surface area contributed by atoms with Gasteiger partial charge in [0.2, 0.25) is 0 Å². The fraction of sp³-hybridized carbons (Fsp3) is 0.500. The molecule has 3 aliphatic heterocycles. The summed E-state index contributed by atoms with van der Waals surface area (Å²) in [5, 5.41) is 15.8. The topological polar surface area (TPSA) is 86.6 Å². The van der Waals surface area contributed by atoms with Crippen molar-refractivity contribution in [2.75, 3.05) is 50.8 Å². The fourth-order valence-electron chi connectivity index (χ4n) is 7.62. The first-order valence-electron chi connectivity index (χ1n) is 15.9. The highest BCUT2D eigenvalue weighted by molar-refractivity contribution is 6.02. The molecule has 0 radical (unpaired) electrons. The van der Waals surface area contributed by atoms with E-state index in [1.165, 1.54) is 18.6 Å². The zero-order valence-electron chi connectivity index (χ0n) is 25.3. The van der Waals surface area contributed by atoms with Crippen LogP contribution in [0.5, 0.6) is 11.8 Å². The zero-order valence-corrected chi connectivity index (χ0v) is 25.3. The van der Waals surface area contributed by atoms with E-state index in [1.54, 1.807) is 19.1 Å². The van der Waals surface area contributed by atoms with Crippen LogP contribution >= 0.6 is 0 Å². The van der Waals surface area contributed by atoms with E-state index in [0.29, 0.717) is 51.8 Å². The van der Waals surface area contributed by atoms with E-state index in [9.17, 15) is 9.50 Å². The Labute approximate surface area is 255 Å². The van der Waals surface area contributed by atoms with Crippen LogP contribution in [-0.2, 0) is 6.42 Å². The monoisotopic (exact) mass is 600 g/mol. The molecule has 1 aliphatic carbocycles. The third-order valence-electron chi connectivity index (χ3n) is 10.2. The molecule has 0 spiro atoms. The molecule has 0 bridgehead atoms. The van der Waals surface area contributed by atoms with Crippen LogP contribution in [0.1, 0.15) is 43.9 Å². The number of rotatable bonds is 6. The van der Waals surface area contributed by atoms with Gasteiger partial charge < -0.3 is 25.0 Å². The first-order valence-corrected chi connectivity index (χ1v) is 15.9. The second kappa shape index (κ2) is 10.5. The molecule has 10 heteroatoms. The van der Waals surface area contributed by atoms with Crippen molar-refractivity contribution >= 4 is 27.5 Å². The lowest BCUT2D eigenvalue weighted by molar-refractivity contribution is 0.168. The van der Waals surface area contributed by atoms with E-state index < -0.39 is 11.6 Å². The second-order valence-corrected chi connectivity index (χ2v) is 13.5. The van der Waals surface area contributed by atoms with Gasteiger partial charge in [0.25, 0.3) is 0 Å². The summed E-state index contributed by atoms with van der Waals surface area (Å²) in [7, 11) is 0. The molecule has 4 aliphatic rings. The Balaban J connectivity index is 1.26. The fourth-order valence-corrected chi connectivity index (χ4v) is 7.62. The summed E-state index contributed by atoms with van der Waals surface area (Å²) >= 11 is 0. The maximum atomic E-state index is 16.9. The Morgan fingerprint density at radius 3 is 2.75 bits per heavy atom.